The van der Waals surface area contributed by atoms with Gasteiger partial charge in [-0.05, 0) is 42.4 Å². The highest BCUT2D eigenvalue weighted by Gasteiger charge is 2.32. The molecule has 0 radical (unpaired) electrons. The number of aromatic amines is 1. The van der Waals surface area contributed by atoms with Gasteiger partial charge < -0.3 is 14.8 Å². The maximum absolute atomic E-state index is 11.6. The second-order valence-electron chi connectivity index (χ2n) is 3.69. The fourth-order valence-corrected chi connectivity index (χ4v) is 2.05. The molecule has 0 aromatic carbocycles. The number of nitrogens with one attached hydrogen (secondary N) is 1. The second-order valence-corrected chi connectivity index (χ2v) is 4.77. The van der Waals surface area contributed by atoms with Crippen LogP contribution in [-0.4, -0.2) is 21.7 Å². The molecule has 1 aromatic rings. The Morgan fingerprint density at radius 2 is 2.00 bits per heavy atom. The van der Waals surface area contributed by atoms with Crippen molar-refractivity contribution in [3.05, 3.63) is 19.7 Å². The smallest absolute Gasteiger partial charge is 0.268 e. The van der Waals surface area contributed by atoms with Gasteiger partial charge in [0.2, 0.25) is 5.88 Å². The summed E-state index contributed by atoms with van der Waals surface area (Å²) < 4.78 is 5.92. The summed E-state index contributed by atoms with van der Waals surface area (Å²) in [7, 11) is 0. The molecule has 0 spiro atoms. The Balaban J connectivity index is 3.33. The van der Waals surface area contributed by atoms with Crippen molar-refractivity contribution in [3.8, 4) is 5.88 Å². The highest BCUT2D eigenvalue weighted by molar-refractivity contribution is 14.1. The number of hydrogen-bond acceptors (Lipinski definition) is 4. The molecule has 2 N–H and O–H groups in total. The zero-order valence-electron chi connectivity index (χ0n) is 10.2. The molecule has 0 unspecified atom stereocenters. The maximum atomic E-state index is 11.6. The van der Waals surface area contributed by atoms with E-state index in [1.165, 1.54) is 0 Å². The van der Waals surface area contributed by atoms with Crippen molar-refractivity contribution >= 4 is 22.6 Å². The predicted molar refractivity (Wildman–Crippen MR) is 73.1 cm³/mol. The zero-order valence-corrected chi connectivity index (χ0v) is 12.4. The first-order valence-corrected chi connectivity index (χ1v) is 6.71. The molecule has 0 fully saturated rings. The molecule has 96 valence electrons. The molecule has 0 aliphatic rings. The monoisotopic (exact) mass is 352 g/mol. The third-order valence-electron chi connectivity index (χ3n) is 2.84. The molecule has 0 aliphatic heterocycles. The van der Waals surface area contributed by atoms with Crippen LogP contribution < -0.4 is 5.56 Å². The Labute approximate surface area is 114 Å². The van der Waals surface area contributed by atoms with Crippen LogP contribution in [0.1, 0.15) is 39.4 Å². The lowest BCUT2D eigenvalue weighted by atomic mass is 9.96. The van der Waals surface area contributed by atoms with Crippen molar-refractivity contribution in [3.63, 3.8) is 0 Å². The average Bonchev–Trinajstić information content (AvgIpc) is 2.32. The first kappa shape index (κ1) is 14.4. The highest BCUT2D eigenvalue weighted by Crippen LogP contribution is 2.31. The molecular formula is C11H17IN2O3. The van der Waals surface area contributed by atoms with E-state index in [4.69, 9.17) is 4.74 Å². The van der Waals surface area contributed by atoms with Gasteiger partial charge in [0.1, 0.15) is 15.0 Å². The van der Waals surface area contributed by atoms with Crippen LogP contribution in [0.25, 0.3) is 0 Å². The molecular weight excluding hydrogens is 335 g/mol. The van der Waals surface area contributed by atoms with Gasteiger partial charge >= 0.3 is 0 Å². The summed E-state index contributed by atoms with van der Waals surface area (Å²) in [5.41, 5.74) is -0.963. The van der Waals surface area contributed by atoms with Gasteiger partial charge in [-0.2, -0.15) is 4.98 Å². The molecule has 0 amide bonds. The molecule has 0 saturated heterocycles. The SMILES string of the molecule is CCOC(CC)(CC)c1nc(O)c(I)c(=O)[nH]1. The minimum absolute atomic E-state index is 0.198. The van der Waals surface area contributed by atoms with Crippen molar-refractivity contribution in [2.24, 2.45) is 0 Å². The molecule has 0 bridgehead atoms. The number of hydrogen-bond donors (Lipinski definition) is 2. The van der Waals surface area contributed by atoms with E-state index in [0.29, 0.717) is 25.3 Å². The van der Waals surface area contributed by atoms with E-state index in [1.807, 2.05) is 20.8 Å². The van der Waals surface area contributed by atoms with Crippen molar-refractivity contribution in [2.45, 2.75) is 39.2 Å². The summed E-state index contributed by atoms with van der Waals surface area (Å²) in [6.07, 6.45) is 1.36. The first-order valence-electron chi connectivity index (χ1n) is 5.64. The van der Waals surface area contributed by atoms with Crippen molar-refractivity contribution in [1.29, 1.82) is 0 Å². The molecule has 5 nitrogen and oxygen atoms in total. The molecule has 0 aliphatic carbocycles. The van der Waals surface area contributed by atoms with Gasteiger partial charge in [-0.15, -0.1) is 0 Å². The Morgan fingerprint density at radius 3 is 2.41 bits per heavy atom. The summed E-state index contributed by atoms with van der Waals surface area (Å²) in [6, 6.07) is 0. The van der Waals surface area contributed by atoms with E-state index >= 15 is 0 Å². The fourth-order valence-electron chi connectivity index (χ4n) is 1.80. The Hall–Kier alpha value is -0.630. The summed E-state index contributed by atoms with van der Waals surface area (Å²) >= 11 is 1.76. The maximum Gasteiger partial charge on any atom is 0.268 e. The van der Waals surface area contributed by atoms with E-state index in [0.717, 1.165) is 0 Å². The van der Waals surface area contributed by atoms with Gasteiger partial charge in [0, 0.05) is 6.61 Å². The lowest BCUT2D eigenvalue weighted by Gasteiger charge is -2.30. The Morgan fingerprint density at radius 1 is 1.41 bits per heavy atom. The molecule has 17 heavy (non-hydrogen) atoms. The van der Waals surface area contributed by atoms with Crippen LogP contribution in [0.3, 0.4) is 0 Å². The van der Waals surface area contributed by atoms with Crippen molar-refractivity contribution in [2.75, 3.05) is 6.61 Å². The number of ether oxygens (including phenoxy) is 1. The Bertz CT molecular complexity index is 441. The van der Waals surface area contributed by atoms with Crippen molar-refractivity contribution in [1.82, 2.24) is 9.97 Å². The highest BCUT2D eigenvalue weighted by atomic mass is 127. The number of aromatic nitrogens is 2. The molecule has 0 saturated carbocycles. The minimum Gasteiger partial charge on any atom is -0.492 e. The number of halogens is 1. The zero-order chi connectivity index (χ0) is 13.1. The number of rotatable bonds is 5. The van der Waals surface area contributed by atoms with Gasteiger partial charge in [0.25, 0.3) is 5.56 Å². The lowest BCUT2D eigenvalue weighted by molar-refractivity contribution is -0.0576. The van der Waals surface area contributed by atoms with Gasteiger partial charge in [-0.3, -0.25) is 4.79 Å². The van der Waals surface area contributed by atoms with Crippen LogP contribution in [0.2, 0.25) is 0 Å². The number of H-pyrrole nitrogens is 1. The van der Waals surface area contributed by atoms with Crippen LogP contribution in [-0.2, 0) is 10.3 Å². The summed E-state index contributed by atoms with van der Waals surface area (Å²) in [5, 5.41) is 9.61. The summed E-state index contributed by atoms with van der Waals surface area (Å²) in [4.78, 5) is 18.3. The van der Waals surface area contributed by atoms with Crippen LogP contribution in [0.4, 0.5) is 0 Å². The standard InChI is InChI=1S/C11H17IN2O3/c1-4-11(5-2,17-6-3)10-13-8(15)7(12)9(16)14-10/h4-6H2,1-3H3,(H2,13,14,15,16). The van der Waals surface area contributed by atoms with E-state index in [-0.39, 0.29) is 15.0 Å². The van der Waals surface area contributed by atoms with Gasteiger partial charge in [-0.25, -0.2) is 0 Å². The minimum atomic E-state index is -0.629. The summed E-state index contributed by atoms with van der Waals surface area (Å²) in [6.45, 7) is 6.35. The molecule has 0 atom stereocenters. The molecule has 6 heteroatoms. The van der Waals surface area contributed by atoms with Crippen LogP contribution in [0.15, 0.2) is 4.79 Å². The third-order valence-corrected chi connectivity index (χ3v) is 3.81. The normalized spacial score (nSPS) is 11.8. The summed E-state index contributed by atoms with van der Waals surface area (Å²) in [5.74, 6) is 0.155. The fraction of sp³-hybridized carbons (Fsp3) is 0.636. The topological polar surface area (TPSA) is 75.2 Å². The van der Waals surface area contributed by atoms with E-state index < -0.39 is 5.60 Å². The van der Waals surface area contributed by atoms with Gasteiger partial charge in [0.05, 0.1) is 0 Å². The number of nitrogens with zero attached hydrogens (tertiary/aromatic N) is 1. The van der Waals surface area contributed by atoms with Crippen molar-refractivity contribution < 1.29 is 9.84 Å². The van der Waals surface area contributed by atoms with Crippen LogP contribution in [0.5, 0.6) is 5.88 Å². The van der Waals surface area contributed by atoms with Crippen LogP contribution >= 0.6 is 22.6 Å². The molecule has 1 rings (SSSR count). The molecule has 1 heterocycles. The van der Waals surface area contributed by atoms with E-state index in [1.54, 1.807) is 22.6 Å². The predicted octanol–water partition coefficient (Wildman–Crippen LogP) is 2.13. The van der Waals surface area contributed by atoms with Gasteiger partial charge in [-0.1, -0.05) is 13.8 Å². The first-order chi connectivity index (χ1) is 8.00. The van der Waals surface area contributed by atoms with Crippen LogP contribution in [0, 0.1) is 3.57 Å². The van der Waals surface area contributed by atoms with Gasteiger partial charge in [0.15, 0.2) is 0 Å². The Kier molecular flexibility index (Phi) is 4.93. The average molecular weight is 352 g/mol. The van der Waals surface area contributed by atoms with E-state index in [9.17, 15) is 9.90 Å². The third kappa shape index (κ3) is 2.79. The second kappa shape index (κ2) is 5.81. The lowest BCUT2D eigenvalue weighted by Crippen LogP contribution is -2.33. The molecule has 1 aromatic heterocycles. The largest absolute Gasteiger partial charge is 0.492 e. The quantitative estimate of drug-likeness (QED) is 0.797. The van der Waals surface area contributed by atoms with E-state index in [2.05, 4.69) is 9.97 Å². The number of aromatic hydroxyl groups is 1.